The Morgan fingerprint density at radius 1 is 1.05 bits per heavy atom. The Balaban J connectivity index is 1.78. The van der Waals surface area contributed by atoms with E-state index >= 15 is 0 Å². The summed E-state index contributed by atoms with van der Waals surface area (Å²) in [7, 11) is 0. The van der Waals surface area contributed by atoms with Crippen molar-refractivity contribution in [3.8, 4) is 0 Å². The van der Waals surface area contributed by atoms with Gasteiger partial charge in [-0.05, 0) is 29.8 Å². The van der Waals surface area contributed by atoms with Crippen molar-refractivity contribution in [3.05, 3.63) is 71.5 Å². The third-order valence-corrected chi connectivity index (χ3v) is 3.18. The van der Waals surface area contributed by atoms with Crippen LogP contribution in [0.3, 0.4) is 0 Å². The SMILES string of the molecule is O=C(O)c1ccc2oc(C(=O)OCc3ccccc3)cc2c1. The Morgan fingerprint density at radius 2 is 1.82 bits per heavy atom. The van der Waals surface area contributed by atoms with Crippen LogP contribution in [-0.4, -0.2) is 17.0 Å². The Hall–Kier alpha value is -3.08. The number of furan rings is 1. The van der Waals surface area contributed by atoms with Crippen molar-refractivity contribution in [2.45, 2.75) is 6.61 Å². The molecule has 1 aromatic heterocycles. The highest BCUT2D eigenvalue weighted by Gasteiger charge is 2.15. The van der Waals surface area contributed by atoms with Gasteiger partial charge in [-0.15, -0.1) is 0 Å². The van der Waals surface area contributed by atoms with Crippen molar-refractivity contribution in [1.29, 1.82) is 0 Å². The molecule has 0 unspecified atom stereocenters. The maximum absolute atomic E-state index is 12.0. The third kappa shape index (κ3) is 2.83. The lowest BCUT2D eigenvalue weighted by atomic mass is 10.1. The Bertz CT molecular complexity index is 833. The highest BCUT2D eigenvalue weighted by Crippen LogP contribution is 2.21. The number of hydrogen-bond donors (Lipinski definition) is 1. The first kappa shape index (κ1) is 13.9. The van der Waals surface area contributed by atoms with Crippen LogP contribution in [0.5, 0.6) is 0 Å². The molecule has 1 N–H and O–H groups in total. The molecule has 0 radical (unpaired) electrons. The lowest BCUT2D eigenvalue weighted by Crippen LogP contribution is -2.03. The fourth-order valence-electron chi connectivity index (χ4n) is 2.07. The van der Waals surface area contributed by atoms with Gasteiger partial charge in [0.15, 0.2) is 0 Å². The summed E-state index contributed by atoms with van der Waals surface area (Å²) in [6, 6.07) is 15.2. The quantitative estimate of drug-likeness (QED) is 0.746. The van der Waals surface area contributed by atoms with Crippen LogP contribution in [0.4, 0.5) is 0 Å². The molecule has 3 aromatic rings. The number of carbonyl (C=O) groups excluding carboxylic acids is 1. The van der Waals surface area contributed by atoms with E-state index in [0.717, 1.165) is 5.56 Å². The predicted octanol–water partition coefficient (Wildman–Crippen LogP) is 3.49. The second-order valence-corrected chi connectivity index (χ2v) is 4.73. The molecule has 0 bridgehead atoms. The molecule has 0 aliphatic rings. The minimum absolute atomic E-state index is 0.0495. The minimum Gasteiger partial charge on any atom is -0.478 e. The Labute approximate surface area is 125 Å². The number of hydrogen-bond acceptors (Lipinski definition) is 4. The summed E-state index contributed by atoms with van der Waals surface area (Å²) in [6.07, 6.45) is 0. The predicted molar refractivity (Wildman–Crippen MR) is 78.7 cm³/mol. The summed E-state index contributed by atoms with van der Waals surface area (Å²) >= 11 is 0. The number of fused-ring (bicyclic) bond motifs is 1. The number of carboxylic acid groups (broad SMARTS) is 1. The number of benzene rings is 2. The van der Waals surface area contributed by atoms with Crippen LogP contribution >= 0.6 is 0 Å². The highest BCUT2D eigenvalue weighted by molar-refractivity contribution is 5.96. The van der Waals surface area contributed by atoms with E-state index in [2.05, 4.69) is 0 Å². The number of aromatic carboxylic acids is 1. The van der Waals surface area contributed by atoms with E-state index < -0.39 is 11.9 Å². The molecule has 5 heteroatoms. The van der Waals surface area contributed by atoms with E-state index in [0.29, 0.717) is 11.0 Å². The normalized spacial score (nSPS) is 10.5. The van der Waals surface area contributed by atoms with Crippen LogP contribution in [0.25, 0.3) is 11.0 Å². The fourth-order valence-corrected chi connectivity index (χ4v) is 2.07. The minimum atomic E-state index is -1.03. The first-order chi connectivity index (χ1) is 10.6. The van der Waals surface area contributed by atoms with E-state index in [9.17, 15) is 9.59 Å². The van der Waals surface area contributed by atoms with Crippen molar-refractivity contribution in [3.63, 3.8) is 0 Å². The molecule has 0 fully saturated rings. The molecule has 0 aliphatic carbocycles. The maximum atomic E-state index is 12.0. The molecule has 5 nitrogen and oxygen atoms in total. The molecule has 0 saturated carbocycles. The maximum Gasteiger partial charge on any atom is 0.374 e. The van der Waals surface area contributed by atoms with Gasteiger partial charge in [0, 0.05) is 5.39 Å². The van der Waals surface area contributed by atoms with Crippen molar-refractivity contribution in [1.82, 2.24) is 0 Å². The van der Waals surface area contributed by atoms with Gasteiger partial charge in [0.1, 0.15) is 12.2 Å². The number of esters is 1. The van der Waals surface area contributed by atoms with E-state index in [-0.39, 0.29) is 17.9 Å². The first-order valence-corrected chi connectivity index (χ1v) is 6.61. The third-order valence-electron chi connectivity index (χ3n) is 3.18. The van der Waals surface area contributed by atoms with Gasteiger partial charge in [-0.25, -0.2) is 9.59 Å². The average Bonchev–Trinajstić information content (AvgIpc) is 2.96. The van der Waals surface area contributed by atoms with Gasteiger partial charge in [-0.1, -0.05) is 30.3 Å². The molecular formula is C17H12O5. The monoisotopic (exact) mass is 296 g/mol. The molecular weight excluding hydrogens is 284 g/mol. The fraction of sp³-hybridized carbons (Fsp3) is 0.0588. The van der Waals surface area contributed by atoms with Crippen molar-refractivity contribution in [2.24, 2.45) is 0 Å². The van der Waals surface area contributed by atoms with Gasteiger partial charge >= 0.3 is 11.9 Å². The number of carbonyl (C=O) groups is 2. The van der Waals surface area contributed by atoms with Crippen LogP contribution in [0.1, 0.15) is 26.5 Å². The number of rotatable bonds is 4. The van der Waals surface area contributed by atoms with Crippen LogP contribution in [0.2, 0.25) is 0 Å². The van der Waals surface area contributed by atoms with E-state index in [1.54, 1.807) is 0 Å². The largest absolute Gasteiger partial charge is 0.478 e. The van der Waals surface area contributed by atoms with Gasteiger partial charge in [-0.3, -0.25) is 0 Å². The summed E-state index contributed by atoms with van der Waals surface area (Å²) in [4.78, 5) is 22.9. The van der Waals surface area contributed by atoms with Crippen LogP contribution in [0.15, 0.2) is 59.0 Å². The smallest absolute Gasteiger partial charge is 0.374 e. The molecule has 2 aromatic carbocycles. The number of ether oxygens (including phenoxy) is 1. The van der Waals surface area contributed by atoms with E-state index in [1.165, 1.54) is 24.3 Å². The zero-order chi connectivity index (χ0) is 15.5. The zero-order valence-electron chi connectivity index (χ0n) is 11.5. The van der Waals surface area contributed by atoms with Crippen LogP contribution in [0, 0.1) is 0 Å². The van der Waals surface area contributed by atoms with Crippen molar-refractivity contribution in [2.75, 3.05) is 0 Å². The molecule has 0 saturated heterocycles. The molecule has 22 heavy (non-hydrogen) atoms. The van der Waals surface area contributed by atoms with Gasteiger partial charge in [-0.2, -0.15) is 0 Å². The molecule has 0 aliphatic heterocycles. The lowest BCUT2D eigenvalue weighted by molar-refractivity contribution is 0.0438. The summed E-state index contributed by atoms with van der Waals surface area (Å²) in [6.45, 7) is 0.150. The second kappa shape index (κ2) is 5.73. The van der Waals surface area contributed by atoms with Crippen LogP contribution in [-0.2, 0) is 11.3 Å². The van der Waals surface area contributed by atoms with Gasteiger partial charge < -0.3 is 14.3 Å². The summed E-state index contributed by atoms with van der Waals surface area (Å²) in [5.74, 6) is -1.57. The van der Waals surface area contributed by atoms with Crippen LogP contribution < -0.4 is 0 Å². The molecule has 0 atom stereocenters. The van der Waals surface area contributed by atoms with Gasteiger partial charge in [0.25, 0.3) is 0 Å². The van der Waals surface area contributed by atoms with E-state index in [4.69, 9.17) is 14.3 Å². The topological polar surface area (TPSA) is 76.7 Å². The summed E-state index contributed by atoms with van der Waals surface area (Å²) < 4.78 is 10.6. The second-order valence-electron chi connectivity index (χ2n) is 4.73. The molecule has 110 valence electrons. The highest BCUT2D eigenvalue weighted by atomic mass is 16.5. The molecule has 1 heterocycles. The molecule has 0 spiro atoms. The summed E-state index contributed by atoms with van der Waals surface area (Å²) in [5.41, 5.74) is 1.45. The lowest BCUT2D eigenvalue weighted by Gasteiger charge is -2.02. The summed E-state index contributed by atoms with van der Waals surface area (Å²) in [5, 5.41) is 9.50. The zero-order valence-corrected chi connectivity index (χ0v) is 11.5. The van der Waals surface area contributed by atoms with Gasteiger partial charge in [0.2, 0.25) is 5.76 Å². The molecule has 3 rings (SSSR count). The van der Waals surface area contributed by atoms with Crippen molar-refractivity contribution < 1.29 is 23.8 Å². The number of carboxylic acids is 1. The molecule has 0 amide bonds. The first-order valence-electron chi connectivity index (χ1n) is 6.61. The average molecular weight is 296 g/mol. The Morgan fingerprint density at radius 3 is 2.55 bits per heavy atom. The Kier molecular flexibility index (Phi) is 3.62. The standard InChI is InChI=1S/C17H12O5/c18-16(19)12-6-7-14-13(8-12)9-15(22-14)17(20)21-10-11-4-2-1-3-5-11/h1-9H,10H2,(H,18,19). The van der Waals surface area contributed by atoms with E-state index in [1.807, 2.05) is 30.3 Å². The van der Waals surface area contributed by atoms with Gasteiger partial charge in [0.05, 0.1) is 5.56 Å². The van der Waals surface area contributed by atoms with Crippen molar-refractivity contribution >= 4 is 22.9 Å².